The van der Waals surface area contributed by atoms with Gasteiger partial charge in [0.15, 0.2) is 0 Å². The van der Waals surface area contributed by atoms with Crippen LogP contribution in [0.4, 0.5) is 0 Å². The summed E-state index contributed by atoms with van der Waals surface area (Å²) in [6.45, 7) is 5.94. The minimum absolute atomic E-state index is 0. The van der Waals surface area contributed by atoms with Crippen molar-refractivity contribution in [2.75, 3.05) is 13.6 Å². The van der Waals surface area contributed by atoms with Crippen molar-refractivity contribution in [2.24, 2.45) is 5.73 Å². The molecule has 1 atom stereocenters. The van der Waals surface area contributed by atoms with Crippen molar-refractivity contribution < 1.29 is 9.32 Å². The van der Waals surface area contributed by atoms with Gasteiger partial charge in [0.25, 0.3) is 11.6 Å². The molecule has 0 bridgehead atoms. The molecule has 0 spiro atoms. The Morgan fingerprint density at radius 3 is 2.75 bits per heavy atom. The van der Waals surface area contributed by atoms with E-state index in [-0.39, 0.29) is 24.4 Å². The minimum Gasteiger partial charge on any atom is -0.338 e. The van der Waals surface area contributed by atoms with E-state index in [1.807, 2.05) is 13.8 Å². The molecule has 2 aromatic rings. The zero-order valence-electron chi connectivity index (χ0n) is 12.0. The van der Waals surface area contributed by atoms with Crippen molar-refractivity contribution in [3.05, 3.63) is 23.0 Å². The van der Waals surface area contributed by atoms with Crippen LogP contribution in [0.2, 0.25) is 0 Å². The second-order valence-corrected chi connectivity index (χ2v) is 4.76. The Balaban J connectivity index is 0.00000200. The fraction of sp³-hybridized carbons (Fsp3) is 0.462. The van der Waals surface area contributed by atoms with Gasteiger partial charge in [0, 0.05) is 25.3 Å². The number of carbonyl (C=O) groups excluding carboxylic acids is 1. The van der Waals surface area contributed by atoms with E-state index in [4.69, 9.17) is 10.3 Å². The van der Waals surface area contributed by atoms with Gasteiger partial charge in [0.1, 0.15) is 0 Å². The number of aryl methyl sites for hydroxylation is 2. The van der Waals surface area contributed by atoms with E-state index in [1.54, 1.807) is 24.9 Å². The first-order valence-corrected chi connectivity index (χ1v) is 6.16. The average Bonchev–Trinajstić information content (AvgIpc) is 2.76. The Labute approximate surface area is 123 Å². The van der Waals surface area contributed by atoms with Crippen LogP contribution in [-0.4, -0.2) is 40.6 Å². The van der Waals surface area contributed by atoms with E-state index in [0.29, 0.717) is 28.9 Å². The molecule has 2 heterocycles. The zero-order chi connectivity index (χ0) is 14.2. The van der Waals surface area contributed by atoms with Crippen LogP contribution in [0.15, 0.2) is 10.6 Å². The van der Waals surface area contributed by atoms with Crippen molar-refractivity contribution in [1.29, 1.82) is 0 Å². The van der Waals surface area contributed by atoms with Crippen molar-refractivity contribution in [2.45, 2.75) is 26.8 Å². The van der Waals surface area contributed by atoms with Crippen LogP contribution in [0, 0.1) is 13.8 Å². The number of nitrogens with two attached hydrogens (primary N) is 1. The molecule has 1 amide bonds. The number of hydrogen-bond acceptors (Lipinski definition) is 5. The molecule has 0 aliphatic rings. The number of hydrogen-bond donors (Lipinski definition) is 1. The van der Waals surface area contributed by atoms with Crippen LogP contribution in [0.5, 0.6) is 0 Å². The summed E-state index contributed by atoms with van der Waals surface area (Å²) in [4.78, 5) is 18.4. The van der Waals surface area contributed by atoms with Gasteiger partial charge in [0.05, 0.1) is 16.6 Å². The van der Waals surface area contributed by atoms with E-state index in [1.165, 1.54) is 0 Å². The summed E-state index contributed by atoms with van der Waals surface area (Å²) in [6, 6.07) is 1.73. The van der Waals surface area contributed by atoms with Gasteiger partial charge < -0.3 is 15.2 Å². The molecular formula is C13H19ClN4O2. The molecule has 0 radical (unpaired) electrons. The average molecular weight is 299 g/mol. The maximum Gasteiger partial charge on any atom is 0.258 e. The normalized spacial score (nSPS) is 12.1. The third-order valence-electron chi connectivity index (χ3n) is 3.30. The molecule has 0 saturated heterocycles. The Morgan fingerprint density at radius 1 is 1.50 bits per heavy atom. The van der Waals surface area contributed by atoms with Gasteiger partial charge in [-0.25, -0.2) is 4.98 Å². The van der Waals surface area contributed by atoms with Gasteiger partial charge in [0.2, 0.25) is 0 Å². The largest absolute Gasteiger partial charge is 0.338 e. The molecule has 2 aromatic heterocycles. The van der Waals surface area contributed by atoms with Crippen molar-refractivity contribution in [1.82, 2.24) is 15.0 Å². The number of halogens is 1. The number of carbonyl (C=O) groups is 1. The van der Waals surface area contributed by atoms with Crippen LogP contribution >= 0.6 is 12.4 Å². The number of amides is 1. The van der Waals surface area contributed by atoms with E-state index >= 15 is 0 Å². The van der Waals surface area contributed by atoms with Gasteiger partial charge in [-0.15, -0.1) is 12.4 Å². The molecule has 1 unspecified atom stereocenters. The molecule has 20 heavy (non-hydrogen) atoms. The quantitative estimate of drug-likeness (QED) is 0.932. The first-order valence-electron chi connectivity index (χ1n) is 6.16. The monoisotopic (exact) mass is 298 g/mol. The predicted molar refractivity (Wildman–Crippen MR) is 79.1 cm³/mol. The predicted octanol–water partition coefficient (Wildman–Crippen LogP) is 1.68. The highest BCUT2D eigenvalue weighted by Gasteiger charge is 2.22. The summed E-state index contributed by atoms with van der Waals surface area (Å²) in [5.41, 5.74) is 7.95. The molecule has 110 valence electrons. The standard InChI is InChI=1S/C13H18N4O2.ClH/c1-7-5-10(13(18)17(4)8(2)6-14)11-9(3)16-19-12(11)15-7;/h5,8H,6,14H2,1-4H3;1H. The first-order chi connectivity index (χ1) is 8.95. The lowest BCUT2D eigenvalue weighted by molar-refractivity contribution is 0.0750. The first kappa shape index (κ1) is 16.4. The molecule has 2 N–H and O–H groups in total. The maximum atomic E-state index is 12.5. The lowest BCUT2D eigenvalue weighted by Crippen LogP contribution is -2.39. The van der Waals surface area contributed by atoms with Crippen LogP contribution in [0.1, 0.15) is 28.7 Å². The van der Waals surface area contributed by atoms with Crippen LogP contribution in [0.25, 0.3) is 11.1 Å². The van der Waals surface area contributed by atoms with Gasteiger partial charge in [-0.05, 0) is 26.8 Å². The van der Waals surface area contributed by atoms with Crippen LogP contribution in [-0.2, 0) is 0 Å². The third-order valence-corrected chi connectivity index (χ3v) is 3.30. The fourth-order valence-corrected chi connectivity index (χ4v) is 1.93. The van der Waals surface area contributed by atoms with Gasteiger partial charge >= 0.3 is 0 Å². The highest BCUT2D eigenvalue weighted by molar-refractivity contribution is 6.06. The summed E-state index contributed by atoms with van der Waals surface area (Å²) in [7, 11) is 1.74. The SMILES string of the molecule is Cc1cc(C(=O)N(C)C(C)CN)c2c(C)noc2n1.Cl. The Morgan fingerprint density at radius 2 is 2.15 bits per heavy atom. The second kappa shape index (κ2) is 6.19. The molecular weight excluding hydrogens is 280 g/mol. The number of likely N-dealkylation sites (N-methyl/N-ethyl adjacent to an activating group) is 1. The van der Waals surface area contributed by atoms with Crippen molar-refractivity contribution in [3.63, 3.8) is 0 Å². The molecule has 6 nitrogen and oxygen atoms in total. The molecule has 2 rings (SSSR count). The number of fused-ring (bicyclic) bond motifs is 1. The maximum absolute atomic E-state index is 12.5. The molecule has 7 heteroatoms. The molecule has 0 aliphatic heterocycles. The smallest absolute Gasteiger partial charge is 0.258 e. The zero-order valence-corrected chi connectivity index (χ0v) is 12.8. The third kappa shape index (κ3) is 2.76. The lowest BCUT2D eigenvalue weighted by Gasteiger charge is -2.24. The summed E-state index contributed by atoms with van der Waals surface area (Å²) in [5.74, 6) is -0.0975. The topological polar surface area (TPSA) is 85.2 Å². The highest BCUT2D eigenvalue weighted by atomic mass is 35.5. The van der Waals surface area contributed by atoms with Crippen molar-refractivity contribution >= 4 is 29.4 Å². The van der Waals surface area contributed by atoms with Gasteiger partial charge in [-0.2, -0.15) is 0 Å². The minimum atomic E-state index is -0.0975. The highest BCUT2D eigenvalue weighted by Crippen LogP contribution is 2.23. The Kier molecular flexibility index (Phi) is 5.08. The lowest BCUT2D eigenvalue weighted by atomic mass is 10.1. The van der Waals surface area contributed by atoms with Gasteiger partial charge in [-0.1, -0.05) is 5.16 Å². The molecule has 0 saturated carbocycles. The number of aromatic nitrogens is 2. The second-order valence-electron chi connectivity index (χ2n) is 4.76. The molecule has 0 aromatic carbocycles. The van der Waals surface area contributed by atoms with E-state index in [9.17, 15) is 4.79 Å². The van der Waals surface area contributed by atoms with E-state index in [0.717, 1.165) is 5.69 Å². The van der Waals surface area contributed by atoms with E-state index < -0.39 is 0 Å². The number of nitrogens with zero attached hydrogens (tertiary/aromatic N) is 3. The Hall–Kier alpha value is -1.66. The van der Waals surface area contributed by atoms with E-state index in [2.05, 4.69) is 10.1 Å². The van der Waals surface area contributed by atoms with Crippen LogP contribution in [0.3, 0.4) is 0 Å². The Bertz CT molecular complexity index is 626. The summed E-state index contributed by atoms with van der Waals surface area (Å²) in [5, 5.41) is 4.54. The molecule has 0 fully saturated rings. The summed E-state index contributed by atoms with van der Waals surface area (Å²) < 4.78 is 5.13. The number of pyridine rings is 1. The summed E-state index contributed by atoms with van der Waals surface area (Å²) in [6.07, 6.45) is 0. The number of rotatable bonds is 3. The fourth-order valence-electron chi connectivity index (χ4n) is 1.93. The van der Waals surface area contributed by atoms with Crippen molar-refractivity contribution in [3.8, 4) is 0 Å². The van der Waals surface area contributed by atoms with Gasteiger partial charge in [-0.3, -0.25) is 4.79 Å². The summed E-state index contributed by atoms with van der Waals surface area (Å²) >= 11 is 0. The van der Waals surface area contributed by atoms with Crippen LogP contribution < -0.4 is 5.73 Å². The molecule has 0 aliphatic carbocycles.